The zero-order valence-electron chi connectivity index (χ0n) is 11.1. The Balaban J connectivity index is 2.11. The summed E-state index contributed by atoms with van der Waals surface area (Å²) in [4.78, 5) is 23.2. The second-order valence-corrected chi connectivity index (χ2v) is 5.10. The molecule has 108 valence electrons. The number of rotatable bonds is 3. The first-order valence-corrected chi connectivity index (χ1v) is 6.65. The molecule has 5 N–H and O–H groups in total. The van der Waals surface area contributed by atoms with Gasteiger partial charge in [0.1, 0.15) is 5.82 Å². The topological polar surface area (TPSA) is 98.2 Å². The van der Waals surface area contributed by atoms with Crippen molar-refractivity contribution in [2.45, 2.75) is 31.7 Å². The molecule has 1 saturated carbocycles. The monoisotopic (exact) mass is 279 g/mol. The molecule has 2 rings (SSSR count). The van der Waals surface area contributed by atoms with Gasteiger partial charge in [-0.05, 0) is 31.0 Å². The van der Waals surface area contributed by atoms with Gasteiger partial charge in [-0.15, -0.1) is 0 Å². The third-order valence-electron chi connectivity index (χ3n) is 3.66. The standard InChI is InChI=1S/C14H18FN3O2/c15-11-6-5-8(7-10(11)13(17)19)18-14(20)9-3-1-2-4-12(9)16/h5-7,9,12H,1-4,16H2,(H2,17,19)(H,18,20). The Bertz CT molecular complexity index is 533. The number of hydrogen-bond acceptors (Lipinski definition) is 3. The molecule has 2 atom stereocenters. The average molecular weight is 279 g/mol. The summed E-state index contributed by atoms with van der Waals surface area (Å²) in [6.07, 6.45) is 3.58. The number of carbonyl (C=O) groups excluding carboxylic acids is 2. The second-order valence-electron chi connectivity index (χ2n) is 5.10. The number of halogens is 1. The lowest BCUT2D eigenvalue weighted by Gasteiger charge is -2.27. The molecule has 5 nitrogen and oxygen atoms in total. The highest BCUT2D eigenvalue weighted by Gasteiger charge is 2.28. The Morgan fingerprint density at radius 3 is 2.60 bits per heavy atom. The first kappa shape index (κ1) is 14.5. The summed E-state index contributed by atoms with van der Waals surface area (Å²) >= 11 is 0. The molecule has 0 saturated heterocycles. The van der Waals surface area contributed by atoms with Crippen LogP contribution in [-0.2, 0) is 4.79 Å². The lowest BCUT2D eigenvalue weighted by atomic mass is 9.84. The number of hydrogen-bond donors (Lipinski definition) is 3. The molecule has 0 aromatic heterocycles. The maximum absolute atomic E-state index is 13.3. The summed E-state index contributed by atoms with van der Waals surface area (Å²) < 4.78 is 13.3. The van der Waals surface area contributed by atoms with E-state index in [0.717, 1.165) is 31.7 Å². The summed E-state index contributed by atoms with van der Waals surface area (Å²) in [6, 6.07) is 3.59. The van der Waals surface area contributed by atoms with Crippen LogP contribution in [0.25, 0.3) is 0 Å². The Kier molecular flexibility index (Phi) is 4.34. The van der Waals surface area contributed by atoms with Crippen molar-refractivity contribution >= 4 is 17.5 Å². The van der Waals surface area contributed by atoms with E-state index < -0.39 is 11.7 Å². The maximum atomic E-state index is 13.3. The summed E-state index contributed by atoms with van der Waals surface area (Å²) in [5, 5.41) is 2.67. The lowest BCUT2D eigenvalue weighted by Crippen LogP contribution is -2.40. The van der Waals surface area contributed by atoms with Gasteiger partial charge >= 0.3 is 0 Å². The van der Waals surface area contributed by atoms with Crippen LogP contribution in [0, 0.1) is 11.7 Å². The Morgan fingerprint density at radius 2 is 1.95 bits per heavy atom. The highest BCUT2D eigenvalue weighted by Crippen LogP contribution is 2.24. The molecule has 1 aromatic carbocycles. The van der Waals surface area contributed by atoms with Crippen molar-refractivity contribution in [2.24, 2.45) is 17.4 Å². The highest BCUT2D eigenvalue weighted by atomic mass is 19.1. The van der Waals surface area contributed by atoms with E-state index in [-0.39, 0.29) is 23.4 Å². The van der Waals surface area contributed by atoms with Gasteiger partial charge in [-0.2, -0.15) is 0 Å². The molecular formula is C14H18FN3O2. The fraction of sp³-hybridized carbons (Fsp3) is 0.429. The van der Waals surface area contributed by atoms with E-state index in [0.29, 0.717) is 5.69 Å². The van der Waals surface area contributed by atoms with Crippen molar-refractivity contribution in [3.05, 3.63) is 29.6 Å². The second kappa shape index (κ2) is 6.00. The molecule has 2 amide bonds. The summed E-state index contributed by atoms with van der Waals surface area (Å²) in [5.74, 6) is -2.01. The van der Waals surface area contributed by atoms with Gasteiger partial charge in [-0.25, -0.2) is 4.39 Å². The predicted molar refractivity (Wildman–Crippen MR) is 73.5 cm³/mol. The Hall–Kier alpha value is -1.95. The van der Waals surface area contributed by atoms with Gasteiger partial charge in [0.05, 0.1) is 11.5 Å². The molecule has 2 unspecified atom stereocenters. The third-order valence-corrected chi connectivity index (χ3v) is 3.66. The number of anilines is 1. The molecule has 0 spiro atoms. The van der Waals surface area contributed by atoms with Gasteiger partial charge < -0.3 is 16.8 Å². The number of nitrogens with two attached hydrogens (primary N) is 2. The van der Waals surface area contributed by atoms with E-state index in [1.165, 1.54) is 12.1 Å². The van der Waals surface area contributed by atoms with Crippen molar-refractivity contribution in [3.63, 3.8) is 0 Å². The Labute approximate surface area is 116 Å². The van der Waals surface area contributed by atoms with Crippen LogP contribution in [0.15, 0.2) is 18.2 Å². The zero-order valence-corrected chi connectivity index (χ0v) is 11.1. The molecule has 0 bridgehead atoms. The van der Waals surface area contributed by atoms with Gasteiger partial charge in [0.25, 0.3) is 5.91 Å². The van der Waals surface area contributed by atoms with Crippen molar-refractivity contribution in [3.8, 4) is 0 Å². The third kappa shape index (κ3) is 3.14. The van der Waals surface area contributed by atoms with E-state index >= 15 is 0 Å². The first-order chi connectivity index (χ1) is 9.49. The van der Waals surface area contributed by atoms with Crippen LogP contribution in [-0.4, -0.2) is 17.9 Å². The minimum Gasteiger partial charge on any atom is -0.366 e. The molecule has 1 aliphatic rings. The van der Waals surface area contributed by atoms with Crippen LogP contribution in [0.4, 0.5) is 10.1 Å². The minimum absolute atomic E-state index is 0.153. The molecule has 1 aromatic rings. The van der Waals surface area contributed by atoms with E-state index in [4.69, 9.17) is 11.5 Å². The number of amides is 2. The van der Waals surface area contributed by atoms with E-state index in [9.17, 15) is 14.0 Å². The number of primary amides is 1. The van der Waals surface area contributed by atoms with Crippen LogP contribution < -0.4 is 16.8 Å². The van der Waals surface area contributed by atoms with Crippen LogP contribution >= 0.6 is 0 Å². The number of carbonyl (C=O) groups is 2. The quantitative estimate of drug-likeness (QED) is 0.779. The fourth-order valence-electron chi connectivity index (χ4n) is 2.51. The van der Waals surface area contributed by atoms with Gasteiger partial charge in [-0.1, -0.05) is 12.8 Å². The van der Waals surface area contributed by atoms with Crippen molar-refractivity contribution < 1.29 is 14.0 Å². The van der Waals surface area contributed by atoms with Crippen LogP contribution in [0.2, 0.25) is 0 Å². The number of nitrogens with one attached hydrogen (secondary N) is 1. The molecule has 0 aliphatic heterocycles. The highest BCUT2D eigenvalue weighted by molar-refractivity contribution is 5.97. The van der Waals surface area contributed by atoms with Crippen molar-refractivity contribution in [1.82, 2.24) is 0 Å². The average Bonchev–Trinajstić information content (AvgIpc) is 2.41. The van der Waals surface area contributed by atoms with Crippen LogP contribution in [0.5, 0.6) is 0 Å². The molecular weight excluding hydrogens is 261 g/mol. The molecule has 0 radical (unpaired) electrons. The Morgan fingerprint density at radius 1 is 1.25 bits per heavy atom. The molecule has 0 heterocycles. The minimum atomic E-state index is -0.868. The lowest BCUT2D eigenvalue weighted by molar-refractivity contribution is -0.121. The molecule has 1 aliphatic carbocycles. The van der Waals surface area contributed by atoms with Gasteiger partial charge in [-0.3, -0.25) is 9.59 Å². The van der Waals surface area contributed by atoms with E-state index in [1.807, 2.05) is 0 Å². The smallest absolute Gasteiger partial charge is 0.251 e. The number of benzene rings is 1. The van der Waals surface area contributed by atoms with Gasteiger partial charge in [0.2, 0.25) is 5.91 Å². The maximum Gasteiger partial charge on any atom is 0.251 e. The predicted octanol–water partition coefficient (Wildman–Crippen LogP) is 1.38. The van der Waals surface area contributed by atoms with Gasteiger partial charge in [0, 0.05) is 11.7 Å². The zero-order chi connectivity index (χ0) is 14.7. The fourth-order valence-corrected chi connectivity index (χ4v) is 2.51. The molecule has 20 heavy (non-hydrogen) atoms. The molecule has 6 heteroatoms. The first-order valence-electron chi connectivity index (χ1n) is 6.65. The normalized spacial score (nSPS) is 22.3. The molecule has 1 fully saturated rings. The van der Waals surface area contributed by atoms with Crippen molar-refractivity contribution in [1.29, 1.82) is 0 Å². The van der Waals surface area contributed by atoms with Crippen molar-refractivity contribution in [2.75, 3.05) is 5.32 Å². The summed E-state index contributed by atoms with van der Waals surface area (Å²) in [5.41, 5.74) is 11.1. The summed E-state index contributed by atoms with van der Waals surface area (Å²) in [6.45, 7) is 0. The van der Waals surface area contributed by atoms with Crippen LogP contribution in [0.3, 0.4) is 0 Å². The van der Waals surface area contributed by atoms with E-state index in [2.05, 4.69) is 5.32 Å². The summed E-state index contributed by atoms with van der Waals surface area (Å²) in [7, 11) is 0. The van der Waals surface area contributed by atoms with Gasteiger partial charge in [0.15, 0.2) is 0 Å². The largest absolute Gasteiger partial charge is 0.366 e. The van der Waals surface area contributed by atoms with E-state index in [1.54, 1.807) is 0 Å². The van der Waals surface area contributed by atoms with Crippen LogP contribution in [0.1, 0.15) is 36.0 Å². The SMILES string of the molecule is NC(=O)c1cc(NC(=O)C2CCCCC2N)ccc1F.